The minimum atomic E-state index is -0.578. The Morgan fingerprint density at radius 1 is 1.07 bits per heavy atom. The van der Waals surface area contributed by atoms with Gasteiger partial charge in [-0.15, -0.1) is 0 Å². The predicted octanol–water partition coefficient (Wildman–Crippen LogP) is 4.31. The topological polar surface area (TPSA) is 75.7 Å². The van der Waals surface area contributed by atoms with Crippen LogP contribution in [-0.4, -0.2) is 24.4 Å². The molecule has 0 aromatic heterocycles. The fourth-order valence-corrected chi connectivity index (χ4v) is 3.21. The van der Waals surface area contributed by atoms with Crippen LogP contribution in [0.15, 0.2) is 53.2 Å². The largest absolute Gasteiger partial charge is 0.462 e. The summed E-state index contributed by atoms with van der Waals surface area (Å²) in [4.78, 5) is 38.4. The fraction of sp³-hybridized carbons (Fsp3) is 0.227. The number of esters is 1. The maximum Gasteiger partial charge on any atom is 0.338 e. The van der Waals surface area contributed by atoms with Crippen LogP contribution in [0.3, 0.4) is 0 Å². The van der Waals surface area contributed by atoms with Gasteiger partial charge >= 0.3 is 5.97 Å². The second-order valence-corrected chi connectivity index (χ2v) is 7.14. The SMILES string of the molecule is CCCOC(=O)c1ccc(NC2=C(Cl)C(=O)N(c3ccc(C)cc3C)C2=O)cc1. The molecule has 150 valence electrons. The van der Waals surface area contributed by atoms with Gasteiger partial charge in [-0.1, -0.05) is 36.2 Å². The van der Waals surface area contributed by atoms with Crippen molar-refractivity contribution < 1.29 is 19.1 Å². The van der Waals surface area contributed by atoms with Gasteiger partial charge in [-0.2, -0.15) is 0 Å². The molecular weight excluding hydrogens is 392 g/mol. The third-order valence-corrected chi connectivity index (χ3v) is 4.80. The van der Waals surface area contributed by atoms with Crippen molar-refractivity contribution in [2.75, 3.05) is 16.8 Å². The van der Waals surface area contributed by atoms with Gasteiger partial charge < -0.3 is 10.1 Å². The van der Waals surface area contributed by atoms with Crippen LogP contribution in [0.25, 0.3) is 0 Å². The van der Waals surface area contributed by atoms with E-state index in [-0.39, 0.29) is 10.7 Å². The van der Waals surface area contributed by atoms with Crippen molar-refractivity contribution in [2.45, 2.75) is 27.2 Å². The molecule has 3 rings (SSSR count). The summed E-state index contributed by atoms with van der Waals surface area (Å²) >= 11 is 6.17. The summed E-state index contributed by atoms with van der Waals surface area (Å²) in [5.41, 5.74) is 3.24. The fourth-order valence-electron chi connectivity index (χ4n) is 3.00. The molecule has 2 amide bonds. The smallest absolute Gasteiger partial charge is 0.338 e. The highest BCUT2D eigenvalue weighted by Gasteiger charge is 2.39. The number of nitrogens with one attached hydrogen (secondary N) is 1. The zero-order valence-electron chi connectivity index (χ0n) is 16.4. The molecule has 0 atom stereocenters. The molecule has 29 heavy (non-hydrogen) atoms. The molecule has 2 aromatic rings. The molecule has 0 spiro atoms. The summed E-state index contributed by atoms with van der Waals surface area (Å²) in [6.45, 7) is 6.04. The van der Waals surface area contributed by atoms with E-state index in [1.54, 1.807) is 30.3 Å². The molecule has 2 aromatic carbocycles. The summed E-state index contributed by atoms with van der Waals surface area (Å²) < 4.78 is 5.09. The van der Waals surface area contributed by atoms with Crippen LogP contribution >= 0.6 is 11.6 Å². The molecule has 6 nitrogen and oxygen atoms in total. The van der Waals surface area contributed by atoms with Gasteiger partial charge in [-0.3, -0.25) is 9.59 Å². The monoisotopic (exact) mass is 412 g/mol. The average Bonchev–Trinajstić information content (AvgIpc) is 2.90. The number of halogens is 1. The third-order valence-electron chi connectivity index (χ3n) is 4.45. The Kier molecular flexibility index (Phi) is 6.03. The standard InChI is InChI=1S/C22H21ClN2O4/c1-4-11-29-22(28)15-6-8-16(9-7-15)24-19-18(23)20(26)25(21(19)27)17-10-5-13(2)12-14(17)3/h5-10,12,24H,4,11H2,1-3H3. The number of hydrogen-bond acceptors (Lipinski definition) is 5. The Hall–Kier alpha value is -3.12. The van der Waals surface area contributed by atoms with Gasteiger partial charge in [0.25, 0.3) is 11.8 Å². The van der Waals surface area contributed by atoms with Gasteiger partial charge in [0.05, 0.1) is 17.9 Å². The number of benzene rings is 2. The normalized spacial score (nSPS) is 13.9. The number of aryl methyl sites for hydroxylation is 2. The highest BCUT2D eigenvalue weighted by molar-refractivity contribution is 6.53. The lowest BCUT2D eigenvalue weighted by Crippen LogP contribution is -2.32. The number of amides is 2. The van der Waals surface area contributed by atoms with E-state index >= 15 is 0 Å². The minimum absolute atomic E-state index is 0.00190. The number of hydrogen-bond donors (Lipinski definition) is 1. The molecule has 1 aliphatic heterocycles. The van der Waals surface area contributed by atoms with E-state index in [4.69, 9.17) is 16.3 Å². The predicted molar refractivity (Wildman–Crippen MR) is 112 cm³/mol. The summed E-state index contributed by atoms with van der Waals surface area (Å²) in [6.07, 6.45) is 0.741. The van der Waals surface area contributed by atoms with Crippen LogP contribution in [0, 0.1) is 13.8 Å². The van der Waals surface area contributed by atoms with Crippen molar-refractivity contribution in [1.82, 2.24) is 0 Å². The van der Waals surface area contributed by atoms with Crippen molar-refractivity contribution in [3.63, 3.8) is 0 Å². The van der Waals surface area contributed by atoms with Crippen LogP contribution in [0.5, 0.6) is 0 Å². The first kappa shape index (κ1) is 20.6. The summed E-state index contributed by atoms with van der Waals surface area (Å²) in [5.74, 6) is -1.52. The number of carbonyl (C=O) groups excluding carboxylic acids is 3. The Morgan fingerprint density at radius 3 is 2.38 bits per heavy atom. The maximum atomic E-state index is 12.9. The molecule has 0 radical (unpaired) electrons. The second-order valence-electron chi connectivity index (χ2n) is 6.76. The Balaban J connectivity index is 1.80. The highest BCUT2D eigenvalue weighted by atomic mass is 35.5. The molecule has 7 heteroatoms. The maximum absolute atomic E-state index is 12.9. The number of rotatable bonds is 6. The van der Waals surface area contributed by atoms with Crippen LogP contribution < -0.4 is 10.2 Å². The summed E-state index contributed by atoms with van der Waals surface area (Å²) in [6, 6.07) is 11.9. The van der Waals surface area contributed by atoms with Gasteiger partial charge in [0, 0.05) is 5.69 Å². The minimum Gasteiger partial charge on any atom is -0.462 e. The lowest BCUT2D eigenvalue weighted by Gasteiger charge is -2.18. The molecule has 0 saturated carbocycles. The van der Waals surface area contributed by atoms with E-state index < -0.39 is 17.8 Å². The molecule has 0 unspecified atom stereocenters. The van der Waals surface area contributed by atoms with Crippen molar-refractivity contribution in [3.05, 3.63) is 69.9 Å². The van der Waals surface area contributed by atoms with E-state index in [9.17, 15) is 14.4 Å². The second kappa shape index (κ2) is 8.49. The third kappa shape index (κ3) is 4.17. The molecule has 0 aliphatic carbocycles. The highest BCUT2D eigenvalue weighted by Crippen LogP contribution is 2.32. The summed E-state index contributed by atoms with van der Waals surface area (Å²) in [5, 5.41) is 2.71. The van der Waals surface area contributed by atoms with E-state index in [0.29, 0.717) is 23.5 Å². The summed E-state index contributed by atoms with van der Waals surface area (Å²) in [7, 11) is 0. The van der Waals surface area contributed by atoms with Crippen LogP contribution in [0.2, 0.25) is 0 Å². The van der Waals surface area contributed by atoms with Crippen LogP contribution in [0.4, 0.5) is 11.4 Å². The number of nitrogens with zero attached hydrogens (tertiary/aromatic N) is 1. The zero-order chi connectivity index (χ0) is 21.1. The van der Waals surface area contributed by atoms with Crippen LogP contribution in [0.1, 0.15) is 34.8 Å². The van der Waals surface area contributed by atoms with E-state index in [1.165, 1.54) is 0 Å². The molecule has 0 saturated heterocycles. The van der Waals surface area contributed by atoms with E-state index in [2.05, 4.69) is 5.32 Å². The first-order valence-corrected chi connectivity index (χ1v) is 9.61. The molecule has 0 bridgehead atoms. The van der Waals surface area contributed by atoms with Gasteiger partial charge in [0.2, 0.25) is 0 Å². The van der Waals surface area contributed by atoms with Crippen molar-refractivity contribution in [1.29, 1.82) is 0 Å². The van der Waals surface area contributed by atoms with Gasteiger partial charge in [0.1, 0.15) is 10.7 Å². The Bertz CT molecular complexity index is 1010. The lowest BCUT2D eigenvalue weighted by molar-refractivity contribution is -0.120. The Labute approximate surface area is 174 Å². The molecule has 1 heterocycles. The van der Waals surface area contributed by atoms with E-state index in [0.717, 1.165) is 22.4 Å². The van der Waals surface area contributed by atoms with Gasteiger partial charge in [-0.25, -0.2) is 9.69 Å². The number of imide groups is 1. The van der Waals surface area contributed by atoms with Gasteiger partial charge in [0.15, 0.2) is 0 Å². The Morgan fingerprint density at radius 2 is 1.76 bits per heavy atom. The number of anilines is 2. The number of carbonyl (C=O) groups is 3. The molecular formula is C22H21ClN2O4. The molecule has 1 aliphatic rings. The first-order chi connectivity index (χ1) is 13.8. The zero-order valence-corrected chi connectivity index (χ0v) is 17.2. The first-order valence-electron chi connectivity index (χ1n) is 9.23. The lowest BCUT2D eigenvalue weighted by atomic mass is 10.1. The van der Waals surface area contributed by atoms with Crippen molar-refractivity contribution in [2.24, 2.45) is 0 Å². The van der Waals surface area contributed by atoms with Crippen molar-refractivity contribution >= 4 is 40.8 Å². The van der Waals surface area contributed by atoms with E-state index in [1.807, 2.05) is 32.9 Å². The molecule has 0 fully saturated rings. The number of ether oxygens (including phenoxy) is 1. The van der Waals surface area contributed by atoms with Crippen LogP contribution in [-0.2, 0) is 14.3 Å². The van der Waals surface area contributed by atoms with Gasteiger partial charge in [-0.05, 0) is 56.2 Å². The molecule has 1 N–H and O–H groups in total. The van der Waals surface area contributed by atoms with Crippen molar-refractivity contribution in [3.8, 4) is 0 Å². The quantitative estimate of drug-likeness (QED) is 0.565. The average molecular weight is 413 g/mol.